The highest BCUT2D eigenvalue weighted by Crippen LogP contribution is 2.46. The van der Waals surface area contributed by atoms with Crippen LogP contribution in [0.1, 0.15) is 80.6 Å². The number of imidazole rings is 2. The maximum Gasteiger partial charge on any atom is 0.407 e. The molecule has 52 heavy (non-hydrogen) atoms. The van der Waals surface area contributed by atoms with Crippen molar-refractivity contribution in [2.45, 2.75) is 83.6 Å². The van der Waals surface area contributed by atoms with Gasteiger partial charge in [0, 0.05) is 36.5 Å². The van der Waals surface area contributed by atoms with Gasteiger partial charge in [-0.25, -0.2) is 14.8 Å². The number of hydrogen-bond donors (Lipinski definition) is 3. The molecule has 1 aliphatic carbocycles. The standard InChI is InChI=1S/C39H48N7O5P/c1-20(2)34(44-39(48)50-5)38(47)46-21(3)6-11-31(46)37-41-29-10-8-23-14-28-26-9-7-24(13-25(26)19-51-33(28)15-27(23)35(29)43-37)30-16-40-36(42-30)32-12-22(18-49-4)17-45(32)52/h7,9,13-16,20-22,31-32,34H,6,8,10-12,17-19,52H2,1-5H3,(H,40,42)(H,41,43)(H,44,48)/t21-,22-,31-,32-,34-/m0/s1. The number of fused-ring (bicyclic) bond motifs is 6. The van der Waals surface area contributed by atoms with Gasteiger partial charge in [0.25, 0.3) is 0 Å². The van der Waals surface area contributed by atoms with Crippen LogP contribution in [0.4, 0.5) is 4.79 Å². The largest absolute Gasteiger partial charge is 0.488 e. The van der Waals surface area contributed by atoms with E-state index in [1.54, 1.807) is 7.11 Å². The van der Waals surface area contributed by atoms with Crippen LogP contribution in [0.15, 0.2) is 36.5 Å². The summed E-state index contributed by atoms with van der Waals surface area (Å²) >= 11 is 0. The van der Waals surface area contributed by atoms with E-state index in [-0.39, 0.29) is 30.0 Å². The van der Waals surface area contributed by atoms with E-state index in [4.69, 9.17) is 24.2 Å². The third kappa shape index (κ3) is 6.18. The number of likely N-dealkylation sites (tertiary alicyclic amines) is 1. The summed E-state index contributed by atoms with van der Waals surface area (Å²) in [5.74, 6) is 2.91. The van der Waals surface area contributed by atoms with Crippen molar-refractivity contribution in [3.05, 3.63) is 65.0 Å². The predicted octanol–water partition coefficient (Wildman–Crippen LogP) is 6.36. The fourth-order valence-corrected chi connectivity index (χ4v) is 9.21. The summed E-state index contributed by atoms with van der Waals surface area (Å²) < 4.78 is 18.9. The number of carbonyl (C=O) groups is 2. The number of benzene rings is 2. The normalized spacial score (nSPS) is 22.7. The molecule has 2 saturated heterocycles. The zero-order valence-electron chi connectivity index (χ0n) is 30.5. The molecule has 3 aliphatic heterocycles. The van der Waals surface area contributed by atoms with E-state index in [9.17, 15) is 9.59 Å². The van der Waals surface area contributed by atoms with Gasteiger partial charge in [-0.2, -0.15) is 0 Å². The molecule has 3 N–H and O–H groups in total. The van der Waals surface area contributed by atoms with E-state index in [1.165, 1.54) is 18.2 Å². The van der Waals surface area contributed by atoms with Crippen LogP contribution in [0.2, 0.25) is 0 Å². The first-order valence-corrected chi connectivity index (χ1v) is 18.9. The smallest absolute Gasteiger partial charge is 0.407 e. The van der Waals surface area contributed by atoms with Crippen LogP contribution in [0.25, 0.3) is 33.6 Å². The summed E-state index contributed by atoms with van der Waals surface area (Å²) in [7, 11) is 5.93. The Morgan fingerprint density at radius 3 is 2.67 bits per heavy atom. The summed E-state index contributed by atoms with van der Waals surface area (Å²) in [6, 6.07) is 10.4. The molecule has 1 unspecified atom stereocenters. The van der Waals surface area contributed by atoms with Crippen LogP contribution >= 0.6 is 9.39 Å². The molecule has 2 amide bonds. The van der Waals surface area contributed by atoms with E-state index in [2.05, 4.69) is 66.6 Å². The van der Waals surface area contributed by atoms with Crippen LogP contribution in [-0.2, 0) is 33.7 Å². The first-order chi connectivity index (χ1) is 25.1. The Morgan fingerprint density at radius 2 is 1.88 bits per heavy atom. The Hall–Kier alpha value is -4.25. The van der Waals surface area contributed by atoms with Crippen molar-refractivity contribution in [3.63, 3.8) is 0 Å². The Bertz CT molecular complexity index is 2010. The minimum atomic E-state index is -0.687. The summed E-state index contributed by atoms with van der Waals surface area (Å²) in [6.07, 6.45) is 5.71. The molecular formula is C39H48N7O5P. The van der Waals surface area contributed by atoms with Crippen LogP contribution in [0, 0.1) is 11.8 Å². The first kappa shape index (κ1) is 34.8. The fraction of sp³-hybridized carbons (Fsp3) is 0.487. The second-order valence-corrected chi connectivity index (χ2v) is 15.8. The number of rotatable bonds is 8. The lowest BCUT2D eigenvalue weighted by atomic mass is 9.86. The molecule has 2 fully saturated rings. The lowest BCUT2D eigenvalue weighted by Crippen LogP contribution is -2.52. The third-order valence-electron chi connectivity index (χ3n) is 11.4. The van der Waals surface area contributed by atoms with Gasteiger partial charge in [-0.1, -0.05) is 35.4 Å². The van der Waals surface area contributed by atoms with Gasteiger partial charge >= 0.3 is 6.09 Å². The van der Waals surface area contributed by atoms with Crippen molar-refractivity contribution in [2.75, 3.05) is 27.4 Å². The van der Waals surface area contributed by atoms with Gasteiger partial charge in [0.15, 0.2) is 0 Å². The Morgan fingerprint density at radius 1 is 1.04 bits per heavy atom. The number of methoxy groups -OCH3 is 2. The summed E-state index contributed by atoms with van der Waals surface area (Å²) in [6.45, 7) is 8.13. The topological polar surface area (TPSA) is 138 Å². The van der Waals surface area contributed by atoms with Crippen LogP contribution in [-0.4, -0.2) is 81.0 Å². The Labute approximate surface area is 306 Å². The molecule has 2 aromatic carbocycles. The summed E-state index contributed by atoms with van der Waals surface area (Å²) in [4.78, 5) is 45.1. The molecule has 2 aromatic heterocycles. The fourth-order valence-electron chi connectivity index (χ4n) is 8.64. The molecule has 0 spiro atoms. The number of aryl methyl sites for hydroxylation is 2. The van der Waals surface area contributed by atoms with Crippen LogP contribution in [0.3, 0.4) is 0 Å². The van der Waals surface area contributed by atoms with E-state index < -0.39 is 12.1 Å². The second kappa shape index (κ2) is 14.0. The molecule has 4 aliphatic rings. The zero-order chi connectivity index (χ0) is 36.3. The minimum absolute atomic E-state index is 0.0193. The lowest BCUT2D eigenvalue weighted by Gasteiger charge is -2.32. The quantitative estimate of drug-likeness (QED) is 0.179. The van der Waals surface area contributed by atoms with E-state index in [0.717, 1.165) is 102 Å². The summed E-state index contributed by atoms with van der Waals surface area (Å²) in [5, 5.41) is 2.76. The zero-order valence-corrected chi connectivity index (χ0v) is 31.6. The first-order valence-electron chi connectivity index (χ1n) is 18.4. The number of amides is 2. The minimum Gasteiger partial charge on any atom is -0.488 e. The molecule has 12 nitrogen and oxygen atoms in total. The van der Waals surface area contributed by atoms with E-state index in [0.29, 0.717) is 12.5 Å². The van der Waals surface area contributed by atoms with Gasteiger partial charge in [-0.05, 0) is 91.3 Å². The van der Waals surface area contributed by atoms with Crippen molar-refractivity contribution in [2.24, 2.45) is 11.8 Å². The van der Waals surface area contributed by atoms with Crippen molar-refractivity contribution < 1.29 is 23.8 Å². The highest BCUT2D eigenvalue weighted by molar-refractivity contribution is 7.13. The maximum absolute atomic E-state index is 13.9. The molecule has 5 heterocycles. The highest BCUT2D eigenvalue weighted by Gasteiger charge is 2.42. The second-order valence-electron chi connectivity index (χ2n) is 15.1. The molecule has 8 rings (SSSR count). The van der Waals surface area contributed by atoms with Gasteiger partial charge in [-0.15, -0.1) is 0 Å². The number of carbonyl (C=O) groups excluding carboxylic acids is 2. The molecule has 4 aromatic rings. The molecule has 0 bridgehead atoms. The molecule has 274 valence electrons. The van der Waals surface area contributed by atoms with Crippen LogP contribution in [0.5, 0.6) is 5.75 Å². The molecule has 0 radical (unpaired) electrons. The Kier molecular flexibility index (Phi) is 9.34. The Balaban J connectivity index is 1.04. The monoisotopic (exact) mass is 725 g/mol. The molecule has 6 atom stereocenters. The highest BCUT2D eigenvalue weighted by atomic mass is 31.0. The SMILES string of the molecule is COC[C@H]1C[C@@H](c2ncc(-c3ccc4c(c3)COc3cc5c(cc3-4)CCc3[nH]c([C@@H]4CC[C@H](C)N4C(=O)[C@@H](NC(=O)OC)C(C)C)nc3-5)[nH]2)N(P)C1. The summed E-state index contributed by atoms with van der Waals surface area (Å²) in [5.41, 5.74) is 9.85. The van der Waals surface area contributed by atoms with Crippen molar-refractivity contribution >= 4 is 21.4 Å². The van der Waals surface area contributed by atoms with Gasteiger partial charge in [0.2, 0.25) is 5.91 Å². The number of ether oxygens (including phenoxy) is 3. The van der Waals surface area contributed by atoms with Gasteiger partial charge in [0.1, 0.15) is 30.0 Å². The van der Waals surface area contributed by atoms with Crippen molar-refractivity contribution in [1.82, 2.24) is 34.8 Å². The average Bonchev–Trinajstić information content (AvgIpc) is 3.95. The number of aromatic nitrogens is 4. The van der Waals surface area contributed by atoms with Gasteiger partial charge in [-0.3, -0.25) is 9.46 Å². The van der Waals surface area contributed by atoms with Gasteiger partial charge in [0.05, 0.1) is 43.4 Å². The van der Waals surface area contributed by atoms with Gasteiger partial charge < -0.3 is 34.4 Å². The lowest BCUT2D eigenvalue weighted by molar-refractivity contribution is -0.137. The van der Waals surface area contributed by atoms with Crippen LogP contribution < -0.4 is 10.1 Å². The average molecular weight is 726 g/mol. The van der Waals surface area contributed by atoms with Crippen molar-refractivity contribution in [1.29, 1.82) is 0 Å². The van der Waals surface area contributed by atoms with E-state index in [1.807, 2.05) is 24.9 Å². The van der Waals surface area contributed by atoms with E-state index >= 15 is 0 Å². The number of nitrogens with zero attached hydrogens (tertiary/aromatic N) is 4. The number of H-pyrrole nitrogens is 2. The number of alkyl carbamates (subject to hydrolysis) is 1. The maximum atomic E-state index is 13.9. The number of nitrogens with one attached hydrogen (secondary N) is 3. The molecule has 13 heteroatoms. The number of hydrogen-bond acceptors (Lipinski definition) is 8. The molecule has 0 saturated carbocycles. The predicted molar refractivity (Wildman–Crippen MR) is 200 cm³/mol. The third-order valence-corrected chi connectivity index (χ3v) is 11.9. The number of aromatic amines is 2. The van der Waals surface area contributed by atoms with Crippen molar-refractivity contribution in [3.8, 4) is 39.4 Å². The molecular weight excluding hydrogens is 677 g/mol.